The van der Waals surface area contributed by atoms with Crippen molar-refractivity contribution < 1.29 is 9.59 Å². The topological polar surface area (TPSA) is 70.2 Å². The molecule has 3 rings (SSSR count). The maximum atomic E-state index is 12.9. The van der Waals surface area contributed by atoms with Crippen molar-refractivity contribution in [3.8, 4) is 0 Å². The monoisotopic (exact) mass is 387 g/mol. The van der Waals surface area contributed by atoms with Gasteiger partial charge >= 0.3 is 0 Å². The second-order valence-corrected chi connectivity index (χ2v) is 6.89. The standard InChI is InChI=1S/C24H25N3O2/c1-17(25-21-14-9-15-22(16-21)26-18(2)28)24(29)27-23(19-10-5-3-6-11-19)20-12-7-4-8-13-20/h3-17,23,25H,1-2H3,(H,26,28)(H,27,29)/t17-/m0/s1. The summed E-state index contributed by atoms with van der Waals surface area (Å²) in [5.41, 5.74) is 3.48. The molecule has 0 aliphatic carbocycles. The van der Waals surface area contributed by atoms with Gasteiger partial charge in [0.05, 0.1) is 6.04 Å². The molecule has 3 aromatic rings. The molecule has 29 heavy (non-hydrogen) atoms. The molecular formula is C24H25N3O2. The largest absolute Gasteiger partial charge is 0.374 e. The SMILES string of the molecule is CC(=O)Nc1cccc(N[C@@H](C)C(=O)NC(c2ccccc2)c2ccccc2)c1. The summed E-state index contributed by atoms with van der Waals surface area (Å²) in [4.78, 5) is 24.2. The summed E-state index contributed by atoms with van der Waals surface area (Å²) in [6.45, 7) is 3.27. The second-order valence-electron chi connectivity index (χ2n) is 6.89. The highest BCUT2D eigenvalue weighted by atomic mass is 16.2. The Bertz CT molecular complexity index is 919. The van der Waals surface area contributed by atoms with Crippen molar-refractivity contribution in [3.63, 3.8) is 0 Å². The van der Waals surface area contributed by atoms with Crippen molar-refractivity contribution in [1.82, 2.24) is 5.32 Å². The first-order valence-electron chi connectivity index (χ1n) is 9.57. The van der Waals surface area contributed by atoms with Crippen molar-refractivity contribution in [3.05, 3.63) is 96.1 Å². The summed E-state index contributed by atoms with van der Waals surface area (Å²) in [5, 5.41) is 9.09. The van der Waals surface area contributed by atoms with E-state index in [0.29, 0.717) is 5.69 Å². The molecule has 0 fully saturated rings. The van der Waals surface area contributed by atoms with Crippen molar-refractivity contribution in [2.24, 2.45) is 0 Å². The molecule has 0 aromatic heterocycles. The Kier molecular flexibility index (Phi) is 6.63. The van der Waals surface area contributed by atoms with Crippen LogP contribution in [-0.4, -0.2) is 17.9 Å². The lowest BCUT2D eigenvalue weighted by molar-refractivity contribution is -0.122. The van der Waals surface area contributed by atoms with Crippen LogP contribution in [0.4, 0.5) is 11.4 Å². The zero-order chi connectivity index (χ0) is 20.6. The summed E-state index contributed by atoms with van der Waals surface area (Å²) < 4.78 is 0. The van der Waals surface area contributed by atoms with Crippen molar-refractivity contribution in [2.45, 2.75) is 25.9 Å². The van der Waals surface area contributed by atoms with Crippen LogP contribution >= 0.6 is 0 Å². The first-order valence-corrected chi connectivity index (χ1v) is 9.57. The van der Waals surface area contributed by atoms with E-state index in [1.165, 1.54) is 6.92 Å². The Morgan fingerprint density at radius 2 is 1.31 bits per heavy atom. The van der Waals surface area contributed by atoms with E-state index in [2.05, 4.69) is 16.0 Å². The third-order valence-corrected chi connectivity index (χ3v) is 4.51. The third-order valence-electron chi connectivity index (χ3n) is 4.51. The molecule has 0 saturated carbocycles. The van der Waals surface area contributed by atoms with E-state index in [-0.39, 0.29) is 17.9 Å². The van der Waals surface area contributed by atoms with Gasteiger partial charge in [0.1, 0.15) is 6.04 Å². The molecule has 0 spiro atoms. The number of hydrogen-bond donors (Lipinski definition) is 3. The summed E-state index contributed by atoms with van der Waals surface area (Å²) in [7, 11) is 0. The summed E-state index contributed by atoms with van der Waals surface area (Å²) in [5.74, 6) is -0.255. The Hall–Kier alpha value is -3.60. The zero-order valence-corrected chi connectivity index (χ0v) is 16.6. The summed E-state index contributed by atoms with van der Waals surface area (Å²) in [6.07, 6.45) is 0. The lowest BCUT2D eigenvalue weighted by Crippen LogP contribution is -2.40. The fourth-order valence-corrected chi connectivity index (χ4v) is 3.12. The minimum atomic E-state index is -0.461. The maximum Gasteiger partial charge on any atom is 0.242 e. The molecule has 2 amide bonds. The second kappa shape index (κ2) is 9.55. The Morgan fingerprint density at radius 1 is 0.759 bits per heavy atom. The number of rotatable bonds is 7. The molecule has 0 heterocycles. The van der Waals surface area contributed by atoms with Gasteiger partial charge in [-0.2, -0.15) is 0 Å². The molecule has 0 unspecified atom stereocenters. The van der Waals surface area contributed by atoms with Gasteiger partial charge in [-0.25, -0.2) is 0 Å². The van der Waals surface area contributed by atoms with Crippen LogP contribution in [0.1, 0.15) is 31.0 Å². The normalized spacial score (nSPS) is 11.6. The minimum Gasteiger partial charge on any atom is -0.374 e. The van der Waals surface area contributed by atoms with Crippen LogP contribution in [0, 0.1) is 0 Å². The fourth-order valence-electron chi connectivity index (χ4n) is 3.12. The van der Waals surface area contributed by atoms with Gasteiger partial charge in [0.25, 0.3) is 0 Å². The lowest BCUT2D eigenvalue weighted by atomic mass is 9.98. The van der Waals surface area contributed by atoms with Crippen LogP contribution in [0.25, 0.3) is 0 Å². The maximum absolute atomic E-state index is 12.9. The van der Waals surface area contributed by atoms with Crippen molar-refractivity contribution >= 4 is 23.2 Å². The molecule has 0 aliphatic heterocycles. The van der Waals surface area contributed by atoms with Gasteiger partial charge in [-0.05, 0) is 36.2 Å². The first kappa shape index (κ1) is 20.1. The Labute approximate surface area is 171 Å². The molecule has 5 nitrogen and oxygen atoms in total. The van der Waals surface area contributed by atoms with Gasteiger partial charge in [-0.1, -0.05) is 66.7 Å². The Morgan fingerprint density at radius 3 is 1.86 bits per heavy atom. The molecule has 0 bridgehead atoms. The summed E-state index contributed by atoms with van der Waals surface area (Å²) in [6, 6.07) is 26.4. The molecule has 148 valence electrons. The van der Waals surface area contributed by atoms with E-state index in [1.54, 1.807) is 12.1 Å². The quantitative estimate of drug-likeness (QED) is 0.564. The number of anilines is 2. The number of amides is 2. The van der Waals surface area contributed by atoms with Crippen LogP contribution in [-0.2, 0) is 9.59 Å². The smallest absolute Gasteiger partial charge is 0.242 e. The van der Waals surface area contributed by atoms with E-state index >= 15 is 0 Å². The van der Waals surface area contributed by atoms with Crippen molar-refractivity contribution in [1.29, 1.82) is 0 Å². The van der Waals surface area contributed by atoms with E-state index in [0.717, 1.165) is 16.8 Å². The van der Waals surface area contributed by atoms with E-state index in [9.17, 15) is 9.59 Å². The molecular weight excluding hydrogens is 362 g/mol. The van der Waals surface area contributed by atoms with Crippen LogP contribution in [0.5, 0.6) is 0 Å². The highest BCUT2D eigenvalue weighted by molar-refractivity contribution is 5.89. The summed E-state index contributed by atoms with van der Waals surface area (Å²) >= 11 is 0. The molecule has 3 aromatic carbocycles. The van der Waals surface area contributed by atoms with Gasteiger partial charge in [0, 0.05) is 18.3 Å². The van der Waals surface area contributed by atoms with Crippen LogP contribution in [0.15, 0.2) is 84.9 Å². The van der Waals surface area contributed by atoms with Gasteiger partial charge in [-0.3, -0.25) is 9.59 Å². The van der Waals surface area contributed by atoms with E-state index in [1.807, 2.05) is 79.7 Å². The lowest BCUT2D eigenvalue weighted by Gasteiger charge is -2.23. The molecule has 1 atom stereocenters. The Balaban J connectivity index is 1.73. The zero-order valence-electron chi connectivity index (χ0n) is 16.6. The molecule has 0 radical (unpaired) electrons. The number of carbonyl (C=O) groups excluding carboxylic acids is 2. The first-order chi connectivity index (χ1) is 14.0. The number of nitrogens with one attached hydrogen (secondary N) is 3. The van der Waals surface area contributed by atoms with Gasteiger partial charge in [0.15, 0.2) is 0 Å². The van der Waals surface area contributed by atoms with Crippen LogP contribution in [0.2, 0.25) is 0 Å². The van der Waals surface area contributed by atoms with Gasteiger partial charge < -0.3 is 16.0 Å². The minimum absolute atomic E-state index is 0.118. The van der Waals surface area contributed by atoms with Gasteiger partial charge in [0.2, 0.25) is 11.8 Å². The number of hydrogen-bond acceptors (Lipinski definition) is 3. The molecule has 0 saturated heterocycles. The van der Waals surface area contributed by atoms with Gasteiger partial charge in [-0.15, -0.1) is 0 Å². The van der Waals surface area contributed by atoms with Crippen LogP contribution < -0.4 is 16.0 Å². The molecule has 0 aliphatic rings. The predicted octanol–water partition coefficient (Wildman–Crippen LogP) is 4.35. The average Bonchev–Trinajstić information content (AvgIpc) is 2.73. The molecule has 5 heteroatoms. The highest BCUT2D eigenvalue weighted by Crippen LogP contribution is 2.22. The van der Waals surface area contributed by atoms with Crippen molar-refractivity contribution in [2.75, 3.05) is 10.6 Å². The third kappa shape index (κ3) is 5.69. The van der Waals surface area contributed by atoms with E-state index in [4.69, 9.17) is 0 Å². The highest BCUT2D eigenvalue weighted by Gasteiger charge is 2.20. The average molecular weight is 387 g/mol. The predicted molar refractivity (Wildman–Crippen MR) is 117 cm³/mol. The number of benzene rings is 3. The number of carbonyl (C=O) groups is 2. The fraction of sp³-hybridized carbons (Fsp3) is 0.167. The molecule has 3 N–H and O–H groups in total. The van der Waals surface area contributed by atoms with Crippen LogP contribution in [0.3, 0.4) is 0 Å². The van der Waals surface area contributed by atoms with E-state index < -0.39 is 6.04 Å².